The number of benzene rings is 5. The van der Waals surface area contributed by atoms with E-state index in [-0.39, 0.29) is 19.1 Å². The molecule has 0 amide bonds. The maximum atomic E-state index is 10.9. The molecule has 0 fully saturated rings. The zero-order chi connectivity index (χ0) is 41.7. The summed E-state index contributed by atoms with van der Waals surface area (Å²) in [5.41, 5.74) is 25.3. The fourth-order valence-corrected chi connectivity index (χ4v) is 6.89. The van der Waals surface area contributed by atoms with E-state index >= 15 is 0 Å². The molecule has 9 N–H and O–H groups in total. The Bertz CT molecular complexity index is 1980. The lowest BCUT2D eigenvalue weighted by Gasteiger charge is -2.22. The van der Waals surface area contributed by atoms with E-state index in [2.05, 4.69) is 36.4 Å². The summed E-state index contributed by atoms with van der Waals surface area (Å²) in [6.07, 6.45) is 0.977. The van der Waals surface area contributed by atoms with Gasteiger partial charge in [0.25, 0.3) is 0 Å². The number of nitrogens with two attached hydrogens (primary N) is 3. The molecule has 3 unspecified atom stereocenters. The summed E-state index contributed by atoms with van der Waals surface area (Å²) >= 11 is 0. The predicted octanol–water partition coefficient (Wildman–Crippen LogP) is 6.55. The van der Waals surface area contributed by atoms with Gasteiger partial charge >= 0.3 is 0 Å². The summed E-state index contributed by atoms with van der Waals surface area (Å²) in [4.78, 5) is 0. The van der Waals surface area contributed by atoms with E-state index in [1.807, 2.05) is 78.9 Å². The normalized spacial score (nSPS) is 12.8. The predicted molar refractivity (Wildman–Crippen MR) is 231 cm³/mol. The van der Waals surface area contributed by atoms with Gasteiger partial charge in [-0.3, -0.25) is 0 Å². The van der Waals surface area contributed by atoms with Crippen molar-refractivity contribution in [3.63, 3.8) is 0 Å². The highest BCUT2D eigenvalue weighted by molar-refractivity contribution is 5.65. The highest BCUT2D eigenvalue weighted by Crippen LogP contribution is 2.35. The Balaban J connectivity index is 1.10. The maximum absolute atomic E-state index is 10.9. The Labute approximate surface area is 348 Å². The van der Waals surface area contributed by atoms with Crippen LogP contribution in [0.1, 0.15) is 77.2 Å². The second-order valence-electron chi connectivity index (χ2n) is 14.4. The summed E-state index contributed by atoms with van der Waals surface area (Å²) in [5.74, 6) is 1.98. The number of hydrogen-bond donors (Lipinski definition) is 6. The van der Waals surface area contributed by atoms with Crippen LogP contribution in [0.15, 0.2) is 115 Å². The SMILES string of the molecule is NCCC(O)c1cccc(OCCOCc2cccc(-c3cccc(COCCCOc4cc(C(O)CCN)cc(C(CCN)c5cccc(OCCO)c5)c4)c3)c2)c1. The number of rotatable bonds is 27. The Morgan fingerprint density at radius 3 is 1.63 bits per heavy atom. The minimum Gasteiger partial charge on any atom is -0.493 e. The highest BCUT2D eigenvalue weighted by Gasteiger charge is 2.19. The fraction of sp³-hybridized carbons (Fsp3) is 0.375. The van der Waals surface area contributed by atoms with Gasteiger partial charge in [-0.2, -0.15) is 0 Å². The molecule has 0 heterocycles. The molecule has 0 spiro atoms. The van der Waals surface area contributed by atoms with Crippen molar-refractivity contribution in [3.05, 3.63) is 149 Å². The molecule has 0 saturated carbocycles. The molecular formula is C48H61N3O8. The summed E-state index contributed by atoms with van der Waals surface area (Å²) < 4.78 is 29.8. The third-order valence-corrected chi connectivity index (χ3v) is 9.86. The molecule has 0 aliphatic rings. The molecule has 11 nitrogen and oxygen atoms in total. The molecule has 5 rings (SSSR count). The number of aliphatic hydroxyl groups is 3. The Hall–Kier alpha value is -4.82. The monoisotopic (exact) mass is 807 g/mol. The van der Waals surface area contributed by atoms with Crippen LogP contribution in [0.2, 0.25) is 0 Å². The zero-order valence-electron chi connectivity index (χ0n) is 33.9. The number of aliphatic hydroxyl groups excluding tert-OH is 3. The van der Waals surface area contributed by atoms with Crippen LogP contribution in [0.3, 0.4) is 0 Å². The second kappa shape index (κ2) is 25.0. The first-order valence-corrected chi connectivity index (χ1v) is 20.5. The van der Waals surface area contributed by atoms with E-state index in [4.69, 9.17) is 40.9 Å². The van der Waals surface area contributed by atoms with E-state index < -0.39 is 12.2 Å². The van der Waals surface area contributed by atoms with E-state index in [1.165, 1.54) is 0 Å². The van der Waals surface area contributed by atoms with Gasteiger partial charge in [0.05, 0.1) is 51.8 Å². The van der Waals surface area contributed by atoms with E-state index in [9.17, 15) is 15.3 Å². The molecular weight excluding hydrogens is 747 g/mol. The number of ether oxygens (including phenoxy) is 5. The Kier molecular flexibility index (Phi) is 19.1. The zero-order valence-corrected chi connectivity index (χ0v) is 33.9. The molecule has 11 heteroatoms. The van der Waals surface area contributed by atoms with Crippen molar-refractivity contribution in [1.82, 2.24) is 0 Å². The van der Waals surface area contributed by atoms with Gasteiger partial charge < -0.3 is 56.2 Å². The lowest BCUT2D eigenvalue weighted by atomic mass is 9.86. The lowest BCUT2D eigenvalue weighted by Crippen LogP contribution is -2.12. The van der Waals surface area contributed by atoms with Crippen LogP contribution in [0.25, 0.3) is 11.1 Å². The van der Waals surface area contributed by atoms with E-state index in [0.29, 0.717) is 102 Å². The van der Waals surface area contributed by atoms with E-state index in [1.54, 1.807) is 0 Å². The van der Waals surface area contributed by atoms with Crippen LogP contribution in [-0.4, -0.2) is 74.6 Å². The molecule has 0 aliphatic carbocycles. The molecule has 0 saturated heterocycles. The Morgan fingerprint density at radius 2 is 0.983 bits per heavy atom. The average Bonchev–Trinajstić information content (AvgIpc) is 3.26. The minimum absolute atomic E-state index is 0.0517. The van der Waals surface area contributed by atoms with Crippen molar-refractivity contribution in [3.8, 4) is 28.4 Å². The molecule has 5 aromatic carbocycles. The molecule has 5 aromatic rings. The van der Waals surface area contributed by atoms with Crippen LogP contribution < -0.4 is 31.4 Å². The van der Waals surface area contributed by atoms with Crippen LogP contribution >= 0.6 is 0 Å². The minimum atomic E-state index is -0.723. The molecule has 0 bridgehead atoms. The van der Waals surface area contributed by atoms with Gasteiger partial charge in [0, 0.05) is 12.3 Å². The van der Waals surface area contributed by atoms with Crippen LogP contribution in [0.4, 0.5) is 0 Å². The maximum Gasteiger partial charge on any atom is 0.119 e. The van der Waals surface area contributed by atoms with Crippen LogP contribution in [-0.2, 0) is 22.7 Å². The molecule has 0 radical (unpaired) electrons. The first-order valence-electron chi connectivity index (χ1n) is 20.5. The van der Waals surface area contributed by atoms with Crippen molar-refractivity contribution in [2.24, 2.45) is 17.2 Å². The van der Waals surface area contributed by atoms with Gasteiger partial charge in [-0.1, -0.05) is 66.7 Å². The first kappa shape index (κ1) is 45.3. The van der Waals surface area contributed by atoms with Crippen molar-refractivity contribution in [1.29, 1.82) is 0 Å². The third kappa shape index (κ3) is 14.8. The molecule has 3 atom stereocenters. The second-order valence-corrected chi connectivity index (χ2v) is 14.4. The van der Waals surface area contributed by atoms with Gasteiger partial charge in [-0.05, 0) is 132 Å². The smallest absolute Gasteiger partial charge is 0.119 e. The van der Waals surface area contributed by atoms with Crippen molar-refractivity contribution >= 4 is 0 Å². The summed E-state index contributed by atoms with van der Waals surface area (Å²) in [6, 6.07) is 37.8. The lowest BCUT2D eigenvalue weighted by molar-refractivity contribution is 0.0888. The van der Waals surface area contributed by atoms with Gasteiger partial charge in [-0.15, -0.1) is 0 Å². The Morgan fingerprint density at radius 1 is 0.458 bits per heavy atom. The molecule has 316 valence electrons. The van der Waals surface area contributed by atoms with Gasteiger partial charge in [0.1, 0.15) is 30.5 Å². The van der Waals surface area contributed by atoms with Crippen molar-refractivity contribution < 1.29 is 39.0 Å². The molecule has 0 aromatic heterocycles. The van der Waals surface area contributed by atoms with Gasteiger partial charge in [0.2, 0.25) is 0 Å². The topological polar surface area (TPSA) is 185 Å². The van der Waals surface area contributed by atoms with Gasteiger partial charge in [0.15, 0.2) is 0 Å². The first-order chi connectivity index (χ1) is 28.9. The number of hydrogen-bond acceptors (Lipinski definition) is 11. The highest BCUT2D eigenvalue weighted by atomic mass is 16.5. The summed E-state index contributed by atoms with van der Waals surface area (Å²) in [7, 11) is 0. The van der Waals surface area contributed by atoms with Crippen LogP contribution in [0.5, 0.6) is 17.2 Å². The third-order valence-electron chi connectivity index (χ3n) is 9.86. The summed E-state index contributed by atoms with van der Waals surface area (Å²) in [5, 5.41) is 30.4. The van der Waals surface area contributed by atoms with Crippen LogP contribution in [0, 0.1) is 0 Å². The average molecular weight is 808 g/mol. The quantitative estimate of drug-likeness (QED) is 0.0316. The largest absolute Gasteiger partial charge is 0.493 e. The molecule has 59 heavy (non-hydrogen) atoms. The van der Waals surface area contributed by atoms with Crippen molar-refractivity contribution in [2.75, 3.05) is 59.3 Å². The van der Waals surface area contributed by atoms with E-state index in [0.717, 1.165) is 44.5 Å². The molecule has 0 aliphatic heterocycles. The van der Waals surface area contributed by atoms with Gasteiger partial charge in [-0.25, -0.2) is 0 Å². The van der Waals surface area contributed by atoms with Crippen molar-refractivity contribution in [2.45, 2.75) is 57.0 Å². The fourth-order valence-electron chi connectivity index (χ4n) is 6.89. The standard InChI is InChI=1S/C48H61N3O8/c49-17-14-46(39-10-3-12-43(29-39)58-23-20-52)41-28-42(48(54)16-19-51)32-45(31-41)57-22-5-21-55-33-35-6-1-8-37(26-35)38-9-2-7-36(27-38)34-56-24-25-59-44-13-4-11-40(30-44)47(53)15-18-50/h1-4,6-13,26-32,46-48,52-54H,5,14-25,33-34,49-51H2. The summed E-state index contributed by atoms with van der Waals surface area (Å²) in [6.45, 7) is 4.11.